The second kappa shape index (κ2) is 7.87. The van der Waals surface area contributed by atoms with E-state index in [1.165, 1.54) is 35.1 Å². The summed E-state index contributed by atoms with van der Waals surface area (Å²) in [6.07, 6.45) is 4.53. The lowest BCUT2D eigenvalue weighted by molar-refractivity contribution is 0.284. The van der Waals surface area contributed by atoms with Crippen LogP contribution < -0.4 is 5.30 Å². The van der Waals surface area contributed by atoms with Gasteiger partial charge < -0.3 is 9.42 Å². The van der Waals surface area contributed by atoms with Crippen molar-refractivity contribution in [1.82, 2.24) is 0 Å². The lowest BCUT2D eigenvalue weighted by Gasteiger charge is -2.42. The highest BCUT2D eigenvalue weighted by Gasteiger charge is 2.36. The second-order valence-electron chi connectivity index (χ2n) is 9.39. The number of hydrogen-bond acceptors (Lipinski definition) is 2. The van der Waals surface area contributed by atoms with E-state index in [2.05, 4.69) is 58.9 Å². The average molecular weight is 413 g/mol. The Morgan fingerprint density at radius 3 is 2.21 bits per heavy atom. The smallest absolute Gasteiger partial charge is 0.321 e. The predicted octanol–water partition coefficient (Wildman–Crippen LogP) is 6.44. The van der Waals surface area contributed by atoms with Gasteiger partial charge in [0.05, 0.1) is 11.9 Å². The van der Waals surface area contributed by atoms with Crippen LogP contribution in [0.5, 0.6) is 0 Å². The Bertz CT molecular complexity index is 968. The molecule has 0 bridgehead atoms. The molecule has 0 spiro atoms. The number of benzene rings is 2. The Hall–Kier alpha value is -1.67. The molecule has 1 atom stereocenters. The van der Waals surface area contributed by atoms with Crippen LogP contribution in [0.4, 0.5) is 0 Å². The van der Waals surface area contributed by atoms with Crippen LogP contribution in [0, 0.1) is 0 Å². The first kappa shape index (κ1) is 22.0. The van der Waals surface area contributed by atoms with Crippen molar-refractivity contribution in [2.75, 3.05) is 6.61 Å². The molecule has 3 rings (SSSR count). The van der Waals surface area contributed by atoms with Gasteiger partial charge in [-0.15, -0.1) is 0 Å². The highest BCUT2D eigenvalue weighted by atomic mass is 31.2. The minimum absolute atomic E-state index is 0.185. The van der Waals surface area contributed by atoms with Gasteiger partial charge in [-0.3, -0.25) is 4.57 Å². The molecule has 0 amide bonds. The summed E-state index contributed by atoms with van der Waals surface area (Å²) < 4.78 is 17.1. The zero-order valence-corrected chi connectivity index (χ0v) is 19.3. The maximum Gasteiger partial charge on any atom is 0.358 e. The van der Waals surface area contributed by atoms with Gasteiger partial charge in [-0.05, 0) is 77.5 Å². The van der Waals surface area contributed by atoms with Gasteiger partial charge in [-0.25, -0.2) is 0 Å². The Kier molecular flexibility index (Phi) is 5.98. The van der Waals surface area contributed by atoms with Crippen molar-refractivity contribution >= 4 is 24.5 Å². The maximum absolute atomic E-state index is 12.1. The molecule has 2 aromatic carbocycles. The third kappa shape index (κ3) is 4.58. The van der Waals surface area contributed by atoms with Crippen LogP contribution in [-0.4, -0.2) is 11.5 Å². The summed E-state index contributed by atoms with van der Waals surface area (Å²) in [5.41, 5.74) is 6.72. The molecule has 0 saturated carbocycles. The third-order valence-electron chi connectivity index (χ3n) is 6.21. The van der Waals surface area contributed by atoms with E-state index in [1.54, 1.807) is 19.1 Å². The number of hydrogen-bond donors (Lipinski definition) is 1. The summed E-state index contributed by atoms with van der Waals surface area (Å²) in [4.78, 5) is 9.96. The molecular weight excluding hydrogens is 379 g/mol. The topological polar surface area (TPSA) is 46.5 Å². The van der Waals surface area contributed by atoms with Gasteiger partial charge in [0.1, 0.15) is 0 Å². The van der Waals surface area contributed by atoms with Crippen LogP contribution in [0.1, 0.15) is 76.6 Å². The van der Waals surface area contributed by atoms with E-state index >= 15 is 0 Å². The molecule has 156 valence electrons. The molecule has 1 N–H and O–H groups in total. The van der Waals surface area contributed by atoms with Gasteiger partial charge in [-0.1, -0.05) is 64.1 Å². The Balaban J connectivity index is 1.92. The minimum Gasteiger partial charge on any atom is -0.321 e. The van der Waals surface area contributed by atoms with Crippen LogP contribution in [0.15, 0.2) is 42.5 Å². The molecular formula is C25H33O3P. The molecule has 2 aromatic rings. The molecule has 0 radical (unpaired) electrons. The Labute approximate surface area is 175 Å². The van der Waals surface area contributed by atoms with Crippen LogP contribution in [0.2, 0.25) is 0 Å². The predicted molar refractivity (Wildman–Crippen MR) is 123 cm³/mol. The van der Waals surface area contributed by atoms with E-state index in [1.807, 2.05) is 12.1 Å². The highest BCUT2D eigenvalue weighted by Crippen LogP contribution is 2.46. The normalized spacial score (nSPS) is 20.0. The van der Waals surface area contributed by atoms with E-state index in [0.29, 0.717) is 5.30 Å². The van der Waals surface area contributed by atoms with Crippen molar-refractivity contribution in [2.24, 2.45) is 0 Å². The first-order valence-corrected chi connectivity index (χ1v) is 12.0. The lowest BCUT2D eigenvalue weighted by Crippen LogP contribution is -2.33. The lowest BCUT2D eigenvalue weighted by atomic mass is 9.63. The highest BCUT2D eigenvalue weighted by molar-refractivity contribution is 7.61. The summed E-state index contributed by atoms with van der Waals surface area (Å²) in [5.74, 6) is 0. The third-order valence-corrected chi connectivity index (χ3v) is 7.77. The van der Waals surface area contributed by atoms with Crippen molar-refractivity contribution < 1.29 is 14.0 Å². The molecule has 1 unspecified atom stereocenters. The fraction of sp³-hybridized carbons (Fsp3) is 0.440. The van der Waals surface area contributed by atoms with Crippen molar-refractivity contribution in [1.29, 1.82) is 0 Å². The van der Waals surface area contributed by atoms with E-state index in [9.17, 15) is 9.46 Å². The number of allylic oxidation sites excluding steroid dienone is 1. The van der Waals surface area contributed by atoms with Gasteiger partial charge in [0, 0.05) is 0 Å². The number of rotatable bonds is 5. The van der Waals surface area contributed by atoms with Crippen molar-refractivity contribution in [3.63, 3.8) is 0 Å². The van der Waals surface area contributed by atoms with E-state index < -0.39 is 7.60 Å². The van der Waals surface area contributed by atoms with Crippen molar-refractivity contribution in [3.05, 3.63) is 64.7 Å². The maximum atomic E-state index is 12.1. The molecule has 0 saturated heterocycles. The molecule has 0 aliphatic heterocycles. The van der Waals surface area contributed by atoms with Crippen molar-refractivity contribution in [3.8, 4) is 0 Å². The summed E-state index contributed by atoms with van der Waals surface area (Å²) >= 11 is 0. The molecule has 3 nitrogen and oxygen atoms in total. The summed E-state index contributed by atoms with van der Waals surface area (Å²) in [6, 6.07) is 14.0. The van der Waals surface area contributed by atoms with E-state index in [4.69, 9.17) is 4.52 Å². The van der Waals surface area contributed by atoms with Gasteiger partial charge in [-0.2, -0.15) is 0 Å². The van der Waals surface area contributed by atoms with Gasteiger partial charge >= 0.3 is 7.60 Å². The van der Waals surface area contributed by atoms with Crippen LogP contribution in [0.25, 0.3) is 11.6 Å². The van der Waals surface area contributed by atoms with E-state index in [-0.39, 0.29) is 17.4 Å². The summed E-state index contributed by atoms with van der Waals surface area (Å²) in [5, 5.41) is 0.326. The quantitative estimate of drug-likeness (QED) is 0.454. The molecule has 1 aliphatic carbocycles. The molecule has 1 aliphatic rings. The molecule has 0 heterocycles. The first-order valence-electron chi connectivity index (χ1n) is 10.4. The SMILES string of the molecule is CCOP(=O)(O)c1ccc(/C=C(\C)c2ccc3c(c2)C(C)(C)CCC3(C)C)cc1. The van der Waals surface area contributed by atoms with Crippen LogP contribution >= 0.6 is 7.60 Å². The minimum atomic E-state index is -3.72. The zero-order chi connectivity index (χ0) is 21.4. The van der Waals surface area contributed by atoms with Gasteiger partial charge in [0.25, 0.3) is 0 Å². The molecule has 0 fully saturated rings. The Morgan fingerprint density at radius 2 is 1.62 bits per heavy atom. The fourth-order valence-corrected chi connectivity index (χ4v) is 5.20. The Morgan fingerprint density at radius 1 is 1.03 bits per heavy atom. The van der Waals surface area contributed by atoms with Gasteiger partial charge in [0.2, 0.25) is 0 Å². The number of fused-ring (bicyclic) bond motifs is 1. The molecule has 4 heteroatoms. The van der Waals surface area contributed by atoms with Crippen LogP contribution in [0.3, 0.4) is 0 Å². The fourth-order valence-electron chi connectivity index (χ4n) is 4.18. The zero-order valence-electron chi connectivity index (χ0n) is 18.5. The summed E-state index contributed by atoms with van der Waals surface area (Å²) in [7, 11) is -3.72. The van der Waals surface area contributed by atoms with E-state index in [0.717, 1.165) is 5.56 Å². The monoisotopic (exact) mass is 412 g/mol. The second-order valence-corrected chi connectivity index (χ2v) is 11.2. The average Bonchev–Trinajstić information content (AvgIpc) is 2.66. The largest absolute Gasteiger partial charge is 0.358 e. The van der Waals surface area contributed by atoms with Gasteiger partial charge in [0.15, 0.2) is 0 Å². The van der Waals surface area contributed by atoms with Crippen molar-refractivity contribution in [2.45, 2.75) is 65.2 Å². The molecule has 29 heavy (non-hydrogen) atoms. The van der Waals surface area contributed by atoms with Crippen LogP contribution in [-0.2, 0) is 19.9 Å². The summed E-state index contributed by atoms with van der Waals surface area (Å²) in [6.45, 7) is 13.4. The molecule has 0 aromatic heterocycles. The first-order chi connectivity index (χ1) is 13.5. The standard InChI is InChI=1S/C25H33O3P/c1-7-28-29(26,27)21-11-8-19(9-12-21)16-18(2)20-10-13-22-23(17-20)25(5,6)15-14-24(22,3)4/h8-13,16-17H,7,14-15H2,1-6H3,(H,26,27)/b18-16+.